The zero-order valence-corrected chi connectivity index (χ0v) is 12.5. The van der Waals surface area contributed by atoms with E-state index in [0.717, 1.165) is 15.7 Å². The van der Waals surface area contributed by atoms with Gasteiger partial charge in [0.25, 0.3) is 0 Å². The van der Waals surface area contributed by atoms with Crippen molar-refractivity contribution in [1.29, 1.82) is 0 Å². The number of nitrogens with two attached hydrogens (primary N) is 1. The molecule has 0 saturated carbocycles. The molecule has 0 bridgehead atoms. The molecule has 0 spiro atoms. The second-order valence-corrected chi connectivity index (χ2v) is 5.52. The minimum Gasteiger partial charge on any atom is -0.399 e. The lowest BCUT2D eigenvalue weighted by molar-refractivity contribution is 0.791. The normalized spacial score (nSPS) is 10.7. The highest BCUT2D eigenvalue weighted by Crippen LogP contribution is 2.26. The van der Waals surface area contributed by atoms with Gasteiger partial charge in [-0.25, -0.2) is 0 Å². The van der Waals surface area contributed by atoms with Crippen molar-refractivity contribution in [3.63, 3.8) is 0 Å². The van der Waals surface area contributed by atoms with Crippen LogP contribution in [0.15, 0.2) is 46.9 Å². The minimum absolute atomic E-state index is 0.547. The molecule has 20 heavy (non-hydrogen) atoms. The van der Waals surface area contributed by atoms with E-state index in [4.69, 9.17) is 17.3 Å². The van der Waals surface area contributed by atoms with Crippen LogP contribution in [0.4, 0.5) is 5.69 Å². The molecule has 0 unspecified atom stereocenters. The Balaban J connectivity index is 2.12. The first-order valence-electron chi connectivity index (χ1n) is 5.74. The third kappa shape index (κ3) is 2.52. The van der Waals surface area contributed by atoms with Crippen molar-refractivity contribution in [1.82, 2.24) is 20.2 Å². The fraction of sp³-hybridized carbons (Fsp3) is 0. The van der Waals surface area contributed by atoms with E-state index >= 15 is 0 Å². The van der Waals surface area contributed by atoms with E-state index in [9.17, 15) is 0 Å². The molecule has 0 amide bonds. The number of halogens is 2. The van der Waals surface area contributed by atoms with Gasteiger partial charge in [-0.15, -0.1) is 5.10 Å². The molecule has 2 aromatic carbocycles. The molecule has 7 heteroatoms. The largest absolute Gasteiger partial charge is 0.399 e. The fourth-order valence-electron chi connectivity index (χ4n) is 1.86. The van der Waals surface area contributed by atoms with Gasteiger partial charge in [-0.1, -0.05) is 27.5 Å². The van der Waals surface area contributed by atoms with Crippen LogP contribution >= 0.6 is 27.5 Å². The number of hydrogen-bond donors (Lipinski definition) is 1. The molecule has 3 aromatic rings. The van der Waals surface area contributed by atoms with Crippen LogP contribution in [0, 0.1) is 0 Å². The Kier molecular flexibility index (Phi) is 3.42. The number of benzene rings is 2. The first-order chi connectivity index (χ1) is 9.63. The summed E-state index contributed by atoms with van der Waals surface area (Å²) in [5.41, 5.74) is 7.99. The first-order valence-corrected chi connectivity index (χ1v) is 6.91. The summed E-state index contributed by atoms with van der Waals surface area (Å²) in [5.74, 6) is 0.585. The van der Waals surface area contributed by atoms with Gasteiger partial charge in [-0.2, -0.15) is 4.68 Å². The van der Waals surface area contributed by atoms with Crippen LogP contribution in [0.5, 0.6) is 0 Å². The predicted molar refractivity (Wildman–Crippen MR) is 81.7 cm³/mol. The monoisotopic (exact) mass is 349 g/mol. The number of nitrogens with zero attached hydrogens (tertiary/aromatic N) is 4. The molecule has 5 nitrogen and oxygen atoms in total. The highest BCUT2D eigenvalue weighted by atomic mass is 79.9. The van der Waals surface area contributed by atoms with Crippen LogP contribution in [0.25, 0.3) is 17.1 Å². The van der Waals surface area contributed by atoms with Gasteiger partial charge in [-0.05, 0) is 52.9 Å². The summed E-state index contributed by atoms with van der Waals surface area (Å²) in [6, 6.07) is 12.9. The molecule has 0 radical (unpaired) electrons. The lowest BCUT2D eigenvalue weighted by Crippen LogP contribution is -2.00. The number of nitrogen functional groups attached to an aromatic ring is 1. The summed E-state index contributed by atoms with van der Waals surface area (Å²) < 4.78 is 2.63. The summed E-state index contributed by atoms with van der Waals surface area (Å²) >= 11 is 9.42. The lowest BCUT2D eigenvalue weighted by Gasteiger charge is -2.06. The van der Waals surface area contributed by atoms with Gasteiger partial charge in [0.2, 0.25) is 0 Å². The van der Waals surface area contributed by atoms with Crippen molar-refractivity contribution >= 4 is 33.2 Å². The average molecular weight is 351 g/mol. The maximum atomic E-state index is 6.02. The van der Waals surface area contributed by atoms with Crippen LogP contribution in [-0.2, 0) is 0 Å². The number of rotatable bonds is 2. The molecule has 0 aliphatic rings. The SMILES string of the molecule is Nc1cc(Cl)cc(-c2nnnn2-c2ccc(Br)cc2)c1. The topological polar surface area (TPSA) is 69.6 Å². The highest BCUT2D eigenvalue weighted by molar-refractivity contribution is 9.10. The van der Waals surface area contributed by atoms with Crippen LogP contribution in [0.1, 0.15) is 0 Å². The highest BCUT2D eigenvalue weighted by Gasteiger charge is 2.11. The van der Waals surface area contributed by atoms with Crippen LogP contribution in [0.3, 0.4) is 0 Å². The Morgan fingerprint density at radius 3 is 2.55 bits per heavy atom. The molecule has 3 rings (SSSR count). The molecule has 0 atom stereocenters. The van der Waals surface area contributed by atoms with Gasteiger partial charge >= 0.3 is 0 Å². The molecular formula is C13H9BrClN5. The second-order valence-electron chi connectivity index (χ2n) is 4.16. The molecule has 1 aromatic heterocycles. The van der Waals surface area contributed by atoms with E-state index in [2.05, 4.69) is 31.5 Å². The summed E-state index contributed by atoms with van der Waals surface area (Å²) in [4.78, 5) is 0. The average Bonchev–Trinajstić information content (AvgIpc) is 2.87. The minimum atomic E-state index is 0.547. The maximum Gasteiger partial charge on any atom is 0.187 e. The Bertz CT molecular complexity index is 733. The van der Waals surface area contributed by atoms with Crippen LogP contribution < -0.4 is 5.73 Å². The molecule has 0 aliphatic heterocycles. The molecule has 100 valence electrons. The van der Waals surface area contributed by atoms with Gasteiger partial charge < -0.3 is 5.73 Å². The third-order valence-corrected chi connectivity index (χ3v) is 3.47. The van der Waals surface area contributed by atoms with Gasteiger partial charge in [0.05, 0.1) is 5.69 Å². The van der Waals surface area contributed by atoms with E-state index in [1.165, 1.54) is 0 Å². The number of hydrogen-bond acceptors (Lipinski definition) is 4. The Hall–Kier alpha value is -1.92. The zero-order chi connectivity index (χ0) is 14.1. The summed E-state index contributed by atoms with van der Waals surface area (Å²) in [6.07, 6.45) is 0. The second kappa shape index (κ2) is 5.22. The van der Waals surface area contributed by atoms with Crippen molar-refractivity contribution in [3.05, 3.63) is 52.0 Å². The maximum absolute atomic E-state index is 6.02. The van der Waals surface area contributed by atoms with Crippen LogP contribution in [-0.4, -0.2) is 20.2 Å². The molecule has 0 saturated heterocycles. The van der Waals surface area contributed by atoms with E-state index in [-0.39, 0.29) is 0 Å². The van der Waals surface area contributed by atoms with E-state index in [1.54, 1.807) is 22.9 Å². The van der Waals surface area contributed by atoms with Crippen molar-refractivity contribution in [2.75, 3.05) is 5.73 Å². The van der Waals surface area contributed by atoms with E-state index in [0.29, 0.717) is 16.5 Å². The van der Waals surface area contributed by atoms with Gasteiger partial charge in [0.15, 0.2) is 5.82 Å². The lowest BCUT2D eigenvalue weighted by atomic mass is 10.2. The van der Waals surface area contributed by atoms with Gasteiger partial charge in [0.1, 0.15) is 0 Å². The fourth-order valence-corrected chi connectivity index (χ4v) is 2.37. The predicted octanol–water partition coefficient (Wildman–Crippen LogP) is 3.33. The smallest absolute Gasteiger partial charge is 0.187 e. The first kappa shape index (κ1) is 13.1. The van der Waals surface area contributed by atoms with E-state index < -0.39 is 0 Å². The van der Waals surface area contributed by atoms with Crippen molar-refractivity contribution in [3.8, 4) is 17.1 Å². The number of anilines is 1. The molecule has 0 fully saturated rings. The summed E-state index contributed by atoms with van der Waals surface area (Å²) in [7, 11) is 0. The summed E-state index contributed by atoms with van der Waals surface area (Å²) in [5, 5.41) is 12.3. The molecular weight excluding hydrogens is 342 g/mol. The summed E-state index contributed by atoms with van der Waals surface area (Å²) in [6.45, 7) is 0. The third-order valence-electron chi connectivity index (χ3n) is 2.72. The van der Waals surface area contributed by atoms with Gasteiger partial charge in [0, 0.05) is 20.7 Å². The number of tetrazole rings is 1. The van der Waals surface area contributed by atoms with Crippen molar-refractivity contribution < 1.29 is 0 Å². The van der Waals surface area contributed by atoms with Crippen molar-refractivity contribution in [2.45, 2.75) is 0 Å². The molecule has 0 aliphatic carbocycles. The Morgan fingerprint density at radius 1 is 1.10 bits per heavy atom. The standard InChI is InChI=1S/C13H9BrClN5/c14-9-1-3-12(4-2-9)20-13(17-18-19-20)8-5-10(15)7-11(16)6-8/h1-7H,16H2. The van der Waals surface area contributed by atoms with Crippen molar-refractivity contribution in [2.24, 2.45) is 0 Å². The Labute approximate surface area is 128 Å². The number of aromatic nitrogens is 4. The zero-order valence-electron chi connectivity index (χ0n) is 10.2. The van der Waals surface area contributed by atoms with Crippen LogP contribution in [0.2, 0.25) is 5.02 Å². The molecule has 2 N–H and O–H groups in total. The van der Waals surface area contributed by atoms with Gasteiger partial charge in [-0.3, -0.25) is 0 Å². The molecule has 1 heterocycles. The Morgan fingerprint density at radius 2 is 1.85 bits per heavy atom. The van der Waals surface area contributed by atoms with E-state index in [1.807, 2.05) is 24.3 Å². The quantitative estimate of drug-likeness (QED) is 0.720.